The summed E-state index contributed by atoms with van der Waals surface area (Å²) in [5.74, 6) is -0.0721. The summed E-state index contributed by atoms with van der Waals surface area (Å²) >= 11 is 1.30. The Hall–Kier alpha value is -2.01. The minimum absolute atomic E-state index is 0.256. The molecule has 2 aromatic rings. The smallest absolute Gasteiger partial charge is 0.162 e. The molecule has 2 rings (SSSR count). The van der Waals surface area contributed by atoms with E-state index in [2.05, 4.69) is 4.99 Å². The standard InChI is InChI=1S/C12H9FN2OS/c13-9-3-1-8(2-4-9)12(14)15-10-5-6-17-11(10)7-16/h1-7H,(H2,14,15). The van der Waals surface area contributed by atoms with Crippen LogP contribution in [0.3, 0.4) is 0 Å². The molecule has 86 valence electrons. The predicted molar refractivity (Wildman–Crippen MR) is 66.5 cm³/mol. The average Bonchev–Trinajstić information content (AvgIpc) is 2.77. The van der Waals surface area contributed by atoms with Crippen LogP contribution in [0.2, 0.25) is 0 Å². The van der Waals surface area contributed by atoms with E-state index in [1.807, 2.05) is 0 Å². The molecule has 0 saturated carbocycles. The largest absolute Gasteiger partial charge is 0.383 e. The molecule has 0 saturated heterocycles. The van der Waals surface area contributed by atoms with Crippen molar-refractivity contribution in [3.63, 3.8) is 0 Å². The van der Waals surface area contributed by atoms with E-state index in [1.54, 1.807) is 23.6 Å². The highest BCUT2D eigenvalue weighted by molar-refractivity contribution is 7.12. The first-order chi connectivity index (χ1) is 8.20. The topological polar surface area (TPSA) is 55.4 Å². The molecule has 0 amide bonds. The zero-order valence-corrected chi connectivity index (χ0v) is 9.58. The van der Waals surface area contributed by atoms with Crippen LogP contribution in [-0.2, 0) is 0 Å². The lowest BCUT2D eigenvalue weighted by Crippen LogP contribution is -2.12. The zero-order valence-electron chi connectivity index (χ0n) is 8.76. The van der Waals surface area contributed by atoms with Gasteiger partial charge in [-0.05, 0) is 35.7 Å². The SMILES string of the molecule is NC(=Nc1ccsc1C=O)c1ccc(F)cc1. The number of benzene rings is 1. The Morgan fingerprint density at radius 1 is 1.29 bits per heavy atom. The molecule has 5 heteroatoms. The van der Waals surface area contributed by atoms with Gasteiger partial charge in [-0.1, -0.05) is 0 Å². The number of nitrogens with two attached hydrogens (primary N) is 1. The summed E-state index contributed by atoms with van der Waals surface area (Å²) in [4.78, 5) is 15.4. The first kappa shape index (κ1) is 11.5. The molecule has 0 unspecified atom stereocenters. The number of carbonyl (C=O) groups is 1. The predicted octanol–water partition coefficient (Wildman–Crippen LogP) is 2.74. The minimum Gasteiger partial charge on any atom is -0.383 e. The Bertz CT molecular complexity index is 560. The number of rotatable bonds is 3. The van der Waals surface area contributed by atoms with Crippen LogP contribution >= 0.6 is 11.3 Å². The van der Waals surface area contributed by atoms with Crippen LogP contribution in [0, 0.1) is 5.82 Å². The monoisotopic (exact) mass is 248 g/mol. The Balaban J connectivity index is 2.34. The lowest BCUT2D eigenvalue weighted by Gasteiger charge is -2.00. The summed E-state index contributed by atoms with van der Waals surface area (Å²) in [7, 11) is 0. The molecular formula is C12H9FN2OS. The molecule has 0 atom stereocenters. The van der Waals surface area contributed by atoms with Crippen molar-refractivity contribution in [3.05, 3.63) is 52.0 Å². The summed E-state index contributed by atoms with van der Waals surface area (Å²) in [5, 5.41) is 1.76. The molecule has 0 aliphatic carbocycles. The van der Waals surface area contributed by atoms with E-state index in [9.17, 15) is 9.18 Å². The number of halogens is 1. The fraction of sp³-hybridized carbons (Fsp3) is 0. The molecule has 17 heavy (non-hydrogen) atoms. The summed E-state index contributed by atoms with van der Waals surface area (Å²) in [6.45, 7) is 0. The van der Waals surface area contributed by atoms with Gasteiger partial charge in [-0.25, -0.2) is 9.38 Å². The van der Waals surface area contributed by atoms with Gasteiger partial charge in [0, 0.05) is 5.56 Å². The third-order valence-electron chi connectivity index (χ3n) is 2.16. The van der Waals surface area contributed by atoms with Gasteiger partial charge in [0.05, 0.1) is 10.6 Å². The maximum Gasteiger partial charge on any atom is 0.162 e. The molecule has 0 aliphatic rings. The fourth-order valence-electron chi connectivity index (χ4n) is 1.31. The second-order valence-corrected chi connectivity index (χ2v) is 4.24. The van der Waals surface area contributed by atoms with E-state index in [0.29, 0.717) is 16.1 Å². The fourth-order valence-corrected chi connectivity index (χ4v) is 1.94. The molecule has 1 aromatic heterocycles. The van der Waals surface area contributed by atoms with Crippen molar-refractivity contribution in [3.8, 4) is 0 Å². The second kappa shape index (κ2) is 4.88. The van der Waals surface area contributed by atoms with Gasteiger partial charge in [0.25, 0.3) is 0 Å². The van der Waals surface area contributed by atoms with E-state index < -0.39 is 0 Å². The van der Waals surface area contributed by atoms with Crippen LogP contribution in [0.15, 0.2) is 40.7 Å². The average molecular weight is 248 g/mol. The van der Waals surface area contributed by atoms with Crippen LogP contribution in [-0.4, -0.2) is 12.1 Å². The number of thiophene rings is 1. The molecule has 1 heterocycles. The van der Waals surface area contributed by atoms with E-state index >= 15 is 0 Å². The van der Waals surface area contributed by atoms with Crippen LogP contribution in [0.5, 0.6) is 0 Å². The van der Waals surface area contributed by atoms with E-state index in [0.717, 1.165) is 6.29 Å². The zero-order chi connectivity index (χ0) is 12.3. The maximum absolute atomic E-state index is 12.7. The molecule has 0 spiro atoms. The van der Waals surface area contributed by atoms with Crippen molar-refractivity contribution in [1.29, 1.82) is 0 Å². The second-order valence-electron chi connectivity index (χ2n) is 3.29. The summed E-state index contributed by atoms with van der Waals surface area (Å²) in [5.41, 5.74) is 6.93. The van der Waals surface area contributed by atoms with Crippen LogP contribution in [0.1, 0.15) is 15.2 Å². The maximum atomic E-state index is 12.7. The first-order valence-electron chi connectivity index (χ1n) is 4.83. The van der Waals surface area contributed by atoms with Gasteiger partial charge in [0.15, 0.2) is 6.29 Å². The molecule has 0 aliphatic heterocycles. The Morgan fingerprint density at radius 2 is 2.00 bits per heavy atom. The molecule has 0 bridgehead atoms. The van der Waals surface area contributed by atoms with E-state index in [1.165, 1.54) is 23.5 Å². The number of amidine groups is 1. The Labute approximate surface area is 101 Å². The van der Waals surface area contributed by atoms with Gasteiger partial charge in [-0.15, -0.1) is 11.3 Å². The van der Waals surface area contributed by atoms with Gasteiger partial charge >= 0.3 is 0 Å². The van der Waals surface area contributed by atoms with Gasteiger partial charge in [-0.2, -0.15) is 0 Å². The quantitative estimate of drug-likeness (QED) is 0.516. The van der Waals surface area contributed by atoms with Crippen LogP contribution < -0.4 is 5.73 Å². The number of nitrogens with zero attached hydrogens (tertiary/aromatic N) is 1. The molecule has 0 radical (unpaired) electrons. The lowest BCUT2D eigenvalue weighted by atomic mass is 10.2. The third kappa shape index (κ3) is 2.57. The molecular weight excluding hydrogens is 239 g/mol. The highest BCUT2D eigenvalue weighted by Crippen LogP contribution is 2.23. The van der Waals surface area contributed by atoms with E-state index in [4.69, 9.17) is 5.73 Å². The molecule has 1 aromatic carbocycles. The Kier molecular flexibility index (Phi) is 3.30. The minimum atomic E-state index is -0.328. The van der Waals surface area contributed by atoms with Crippen molar-refractivity contribution >= 4 is 29.1 Å². The summed E-state index contributed by atoms with van der Waals surface area (Å²) < 4.78 is 12.7. The lowest BCUT2D eigenvalue weighted by molar-refractivity contribution is 0.112. The molecule has 0 fully saturated rings. The summed E-state index contributed by atoms with van der Waals surface area (Å²) in [6.07, 6.45) is 0.738. The normalized spacial score (nSPS) is 11.5. The van der Waals surface area contributed by atoms with Crippen molar-refractivity contribution in [2.45, 2.75) is 0 Å². The van der Waals surface area contributed by atoms with Gasteiger partial charge in [0.1, 0.15) is 11.7 Å². The Morgan fingerprint density at radius 3 is 2.65 bits per heavy atom. The number of aldehydes is 1. The van der Waals surface area contributed by atoms with Crippen molar-refractivity contribution in [2.24, 2.45) is 10.7 Å². The number of hydrogen-bond donors (Lipinski definition) is 1. The van der Waals surface area contributed by atoms with Crippen LogP contribution in [0.4, 0.5) is 10.1 Å². The molecule has 2 N–H and O–H groups in total. The highest BCUT2D eigenvalue weighted by atomic mass is 32.1. The number of aliphatic imine (C=N–C) groups is 1. The van der Waals surface area contributed by atoms with Crippen molar-refractivity contribution in [2.75, 3.05) is 0 Å². The van der Waals surface area contributed by atoms with Crippen LogP contribution in [0.25, 0.3) is 0 Å². The van der Waals surface area contributed by atoms with Crippen molar-refractivity contribution < 1.29 is 9.18 Å². The number of hydrogen-bond acceptors (Lipinski definition) is 3. The van der Waals surface area contributed by atoms with Gasteiger partial charge < -0.3 is 5.73 Å². The van der Waals surface area contributed by atoms with Crippen molar-refractivity contribution in [1.82, 2.24) is 0 Å². The first-order valence-corrected chi connectivity index (χ1v) is 5.71. The molecule has 3 nitrogen and oxygen atoms in total. The number of carbonyl (C=O) groups excluding carboxylic acids is 1. The summed E-state index contributed by atoms with van der Waals surface area (Å²) in [6, 6.07) is 7.42. The van der Waals surface area contributed by atoms with Gasteiger partial charge in [0.2, 0.25) is 0 Å². The van der Waals surface area contributed by atoms with Gasteiger partial charge in [-0.3, -0.25) is 4.79 Å². The third-order valence-corrected chi connectivity index (χ3v) is 2.99. The van der Waals surface area contributed by atoms with E-state index in [-0.39, 0.29) is 11.7 Å². The highest BCUT2D eigenvalue weighted by Gasteiger charge is 2.04.